The van der Waals surface area contributed by atoms with Crippen molar-refractivity contribution in [2.45, 2.75) is 13.5 Å². The van der Waals surface area contributed by atoms with E-state index in [0.29, 0.717) is 22.3 Å². The molecule has 3 nitrogen and oxygen atoms in total. The Labute approximate surface area is 127 Å². The molecule has 0 atom stereocenters. The summed E-state index contributed by atoms with van der Waals surface area (Å²) in [6, 6.07) is 12.4. The topological polar surface area (TPSA) is 41.1 Å². The second kappa shape index (κ2) is 6.64. The van der Waals surface area contributed by atoms with E-state index in [2.05, 4.69) is 10.6 Å². The first-order valence-corrected chi connectivity index (χ1v) is 6.86. The summed E-state index contributed by atoms with van der Waals surface area (Å²) in [5.41, 5.74) is 2.48. The lowest BCUT2D eigenvalue weighted by Crippen LogP contribution is -2.28. The Morgan fingerprint density at radius 1 is 1.10 bits per heavy atom. The van der Waals surface area contributed by atoms with Crippen LogP contribution in [0.15, 0.2) is 42.5 Å². The van der Waals surface area contributed by atoms with Gasteiger partial charge in [0.1, 0.15) is 0 Å². The maximum Gasteiger partial charge on any atom is 0.319 e. The molecule has 2 aromatic rings. The fourth-order valence-corrected chi connectivity index (χ4v) is 2.05. The maximum atomic E-state index is 11.8. The van der Waals surface area contributed by atoms with Crippen molar-refractivity contribution in [1.82, 2.24) is 5.32 Å². The Hall–Kier alpha value is -1.71. The van der Waals surface area contributed by atoms with Crippen molar-refractivity contribution in [1.29, 1.82) is 0 Å². The van der Waals surface area contributed by atoms with E-state index in [-0.39, 0.29) is 6.03 Å². The molecule has 5 heteroatoms. The molecule has 0 spiro atoms. The molecule has 0 aliphatic carbocycles. The van der Waals surface area contributed by atoms with Crippen molar-refractivity contribution in [3.05, 3.63) is 63.6 Å². The highest BCUT2D eigenvalue weighted by Crippen LogP contribution is 2.20. The summed E-state index contributed by atoms with van der Waals surface area (Å²) in [5.74, 6) is 0. The third-order valence-electron chi connectivity index (χ3n) is 2.83. The molecule has 0 bridgehead atoms. The highest BCUT2D eigenvalue weighted by Gasteiger charge is 2.05. The number of nitrogens with one attached hydrogen (secondary N) is 2. The third kappa shape index (κ3) is 3.89. The largest absolute Gasteiger partial charge is 0.334 e. The summed E-state index contributed by atoms with van der Waals surface area (Å²) in [4.78, 5) is 11.8. The molecule has 2 amide bonds. The summed E-state index contributed by atoms with van der Waals surface area (Å²) in [6.07, 6.45) is 0. The zero-order valence-corrected chi connectivity index (χ0v) is 12.4. The number of carbonyl (C=O) groups is 1. The van der Waals surface area contributed by atoms with Crippen molar-refractivity contribution in [2.24, 2.45) is 0 Å². The van der Waals surface area contributed by atoms with E-state index in [1.165, 1.54) is 0 Å². The van der Waals surface area contributed by atoms with Gasteiger partial charge in [-0.1, -0.05) is 47.5 Å². The van der Waals surface area contributed by atoms with Crippen molar-refractivity contribution >= 4 is 34.9 Å². The van der Waals surface area contributed by atoms with Gasteiger partial charge in [-0.3, -0.25) is 0 Å². The zero-order chi connectivity index (χ0) is 14.5. The molecule has 0 aliphatic heterocycles. The maximum absolute atomic E-state index is 11.8. The molecule has 0 aliphatic rings. The van der Waals surface area contributed by atoms with Crippen LogP contribution in [0.25, 0.3) is 0 Å². The van der Waals surface area contributed by atoms with Crippen LogP contribution in [0, 0.1) is 6.92 Å². The Balaban J connectivity index is 1.93. The van der Waals surface area contributed by atoms with Gasteiger partial charge in [-0.15, -0.1) is 0 Å². The first-order valence-electron chi connectivity index (χ1n) is 6.10. The predicted octanol–water partition coefficient (Wildman–Crippen LogP) is 4.62. The summed E-state index contributed by atoms with van der Waals surface area (Å²) in [7, 11) is 0. The van der Waals surface area contributed by atoms with Crippen LogP contribution in [-0.2, 0) is 6.54 Å². The first-order chi connectivity index (χ1) is 9.56. The van der Waals surface area contributed by atoms with Gasteiger partial charge < -0.3 is 10.6 Å². The molecule has 2 aromatic carbocycles. The van der Waals surface area contributed by atoms with Gasteiger partial charge >= 0.3 is 6.03 Å². The fourth-order valence-electron chi connectivity index (χ4n) is 1.66. The van der Waals surface area contributed by atoms with Crippen LogP contribution in [0.5, 0.6) is 0 Å². The molecule has 2 rings (SSSR count). The van der Waals surface area contributed by atoms with Crippen LogP contribution in [0.1, 0.15) is 11.1 Å². The quantitative estimate of drug-likeness (QED) is 0.853. The van der Waals surface area contributed by atoms with E-state index < -0.39 is 0 Å². The third-order valence-corrected chi connectivity index (χ3v) is 3.60. The zero-order valence-electron chi connectivity index (χ0n) is 10.9. The predicted molar refractivity (Wildman–Crippen MR) is 83.5 cm³/mol. The molecule has 0 aromatic heterocycles. The Morgan fingerprint density at radius 2 is 1.85 bits per heavy atom. The lowest BCUT2D eigenvalue weighted by molar-refractivity contribution is 0.252. The normalized spacial score (nSPS) is 10.2. The minimum absolute atomic E-state index is 0.301. The lowest BCUT2D eigenvalue weighted by atomic mass is 10.2. The van der Waals surface area contributed by atoms with Crippen LogP contribution in [0.2, 0.25) is 10.0 Å². The number of amides is 2. The Bertz CT molecular complexity index is 629. The van der Waals surface area contributed by atoms with Gasteiger partial charge in [0.25, 0.3) is 0 Å². The summed E-state index contributed by atoms with van der Waals surface area (Å²) < 4.78 is 0. The fraction of sp³-hybridized carbons (Fsp3) is 0.133. The number of hydrogen-bond donors (Lipinski definition) is 2. The molecule has 2 N–H and O–H groups in total. The highest BCUT2D eigenvalue weighted by atomic mass is 35.5. The van der Waals surface area contributed by atoms with E-state index in [1.807, 2.05) is 31.2 Å². The number of halogens is 2. The van der Waals surface area contributed by atoms with Gasteiger partial charge in [0.15, 0.2) is 0 Å². The van der Waals surface area contributed by atoms with Crippen LogP contribution in [-0.4, -0.2) is 6.03 Å². The SMILES string of the molecule is Cc1ccc(NC(=O)NCc2ccccc2Cl)cc1Cl. The van der Waals surface area contributed by atoms with Gasteiger partial charge in [-0.2, -0.15) is 0 Å². The molecule has 104 valence electrons. The average Bonchev–Trinajstić information content (AvgIpc) is 2.42. The highest BCUT2D eigenvalue weighted by molar-refractivity contribution is 6.31. The summed E-state index contributed by atoms with van der Waals surface area (Å²) in [5, 5.41) is 6.72. The molecular formula is C15H14Cl2N2O. The molecule has 0 saturated heterocycles. The second-order valence-corrected chi connectivity index (χ2v) is 5.18. The minimum atomic E-state index is -0.301. The molecule has 0 radical (unpaired) electrons. The Kier molecular flexibility index (Phi) is 4.88. The van der Waals surface area contributed by atoms with Crippen molar-refractivity contribution < 1.29 is 4.79 Å². The second-order valence-electron chi connectivity index (χ2n) is 4.36. The van der Waals surface area contributed by atoms with Crippen molar-refractivity contribution in [3.63, 3.8) is 0 Å². The van der Waals surface area contributed by atoms with Crippen LogP contribution in [0.4, 0.5) is 10.5 Å². The van der Waals surface area contributed by atoms with Crippen LogP contribution >= 0.6 is 23.2 Å². The van der Waals surface area contributed by atoms with Gasteiger partial charge in [0.2, 0.25) is 0 Å². The Morgan fingerprint density at radius 3 is 2.55 bits per heavy atom. The standard InChI is InChI=1S/C15H14Cl2N2O/c1-10-6-7-12(8-14(10)17)19-15(20)18-9-11-4-2-3-5-13(11)16/h2-8H,9H2,1H3,(H2,18,19,20). The molecule has 0 fully saturated rings. The number of benzene rings is 2. The summed E-state index contributed by atoms with van der Waals surface area (Å²) >= 11 is 12.0. The van der Waals surface area contributed by atoms with E-state index in [9.17, 15) is 4.79 Å². The minimum Gasteiger partial charge on any atom is -0.334 e. The van der Waals surface area contributed by atoms with E-state index in [4.69, 9.17) is 23.2 Å². The number of hydrogen-bond acceptors (Lipinski definition) is 1. The van der Waals surface area contributed by atoms with E-state index in [1.54, 1.807) is 18.2 Å². The van der Waals surface area contributed by atoms with Crippen molar-refractivity contribution in [2.75, 3.05) is 5.32 Å². The number of carbonyl (C=O) groups excluding carboxylic acids is 1. The van der Waals surface area contributed by atoms with Gasteiger partial charge in [-0.05, 0) is 36.2 Å². The lowest BCUT2D eigenvalue weighted by Gasteiger charge is -2.09. The number of aryl methyl sites for hydroxylation is 1. The van der Waals surface area contributed by atoms with Gasteiger partial charge in [-0.25, -0.2) is 4.79 Å². The molecular weight excluding hydrogens is 295 g/mol. The molecule has 0 heterocycles. The number of rotatable bonds is 3. The van der Waals surface area contributed by atoms with E-state index >= 15 is 0 Å². The summed E-state index contributed by atoms with van der Waals surface area (Å²) in [6.45, 7) is 2.27. The first kappa shape index (κ1) is 14.7. The average molecular weight is 309 g/mol. The molecule has 0 unspecified atom stereocenters. The van der Waals surface area contributed by atoms with Crippen LogP contribution < -0.4 is 10.6 Å². The van der Waals surface area contributed by atoms with Gasteiger partial charge in [0.05, 0.1) is 0 Å². The number of urea groups is 1. The van der Waals surface area contributed by atoms with Crippen LogP contribution in [0.3, 0.4) is 0 Å². The van der Waals surface area contributed by atoms with E-state index in [0.717, 1.165) is 11.1 Å². The monoisotopic (exact) mass is 308 g/mol. The number of anilines is 1. The van der Waals surface area contributed by atoms with Crippen molar-refractivity contribution in [3.8, 4) is 0 Å². The molecule has 0 saturated carbocycles. The smallest absolute Gasteiger partial charge is 0.319 e. The van der Waals surface area contributed by atoms with Gasteiger partial charge in [0, 0.05) is 22.3 Å². The molecule has 20 heavy (non-hydrogen) atoms.